The second kappa shape index (κ2) is 21.2. The SMILES string of the molecule is C1CCOC1.[Cl-].[Cl][Cu+].[c-]1n(C2CCCCC2)c2ccccc2[n+]1C1CCCCC1.c1ccc2c(c1)n(C1CCCCC1)c[n+]2C1CCCCC1. The molecule has 0 N–H and O–H groups in total. The predicted octanol–water partition coefficient (Wildman–Crippen LogP) is 8.17. The Labute approximate surface area is 320 Å². The second-order valence-corrected chi connectivity index (χ2v) is 15.2. The van der Waals surface area contributed by atoms with E-state index >= 15 is 0 Å². The number of fused-ring (bicyclic) bond motifs is 2. The first-order valence-corrected chi connectivity index (χ1v) is 21.3. The van der Waals surface area contributed by atoms with Crippen LogP contribution in [-0.4, -0.2) is 22.3 Å². The van der Waals surface area contributed by atoms with Crippen molar-refractivity contribution in [3.63, 3.8) is 0 Å². The van der Waals surface area contributed by atoms with E-state index in [1.54, 1.807) is 0 Å². The van der Waals surface area contributed by atoms with Crippen molar-refractivity contribution in [3.05, 3.63) is 61.2 Å². The first-order valence-electron chi connectivity index (χ1n) is 20.0. The minimum atomic E-state index is 0. The molecule has 4 aromatic rings. The van der Waals surface area contributed by atoms with E-state index in [9.17, 15) is 0 Å². The largest absolute Gasteiger partial charge is 0.342 e. The van der Waals surface area contributed by atoms with Crippen molar-refractivity contribution in [1.82, 2.24) is 9.13 Å². The maximum Gasteiger partial charge on any atom is 0.245 e. The predicted molar refractivity (Wildman–Crippen MR) is 197 cm³/mol. The Kier molecular flexibility index (Phi) is 16.8. The molecule has 5 nitrogen and oxygen atoms in total. The van der Waals surface area contributed by atoms with Gasteiger partial charge in [-0.3, -0.25) is 0 Å². The van der Waals surface area contributed by atoms with Gasteiger partial charge in [0, 0.05) is 24.2 Å². The molecule has 0 amide bonds. The van der Waals surface area contributed by atoms with Crippen LogP contribution < -0.4 is 21.5 Å². The smallest absolute Gasteiger partial charge is 0.245 e. The van der Waals surface area contributed by atoms with Crippen LogP contribution in [0.15, 0.2) is 54.9 Å². The monoisotopic (exact) mass is 770 g/mol. The third-order valence-electron chi connectivity index (χ3n) is 11.9. The number of para-hydroxylation sites is 4. The standard InChI is InChI=1S/C19H27N2.C19H26N2.C4H8O.2ClH.Cu/c2*1-3-9-16(10-4-1)20-15-21(17-11-5-2-6-12-17)19-14-8-7-13-18(19)20;1-2-4-5-3-1;;;/h7-8,13-17H,1-6,9-12H2;7-8,13-14,16-17H,1-6,9-12H2;1-4H2;2*1H;/q+1;;;;;+2/p-2. The zero-order chi connectivity index (χ0) is 33.7. The molecule has 50 heavy (non-hydrogen) atoms. The summed E-state index contributed by atoms with van der Waals surface area (Å²) in [4.78, 5) is 0. The zero-order valence-electron chi connectivity index (χ0n) is 30.2. The van der Waals surface area contributed by atoms with E-state index in [0.29, 0.717) is 12.1 Å². The van der Waals surface area contributed by atoms with Crippen molar-refractivity contribution in [2.24, 2.45) is 0 Å². The van der Waals surface area contributed by atoms with Gasteiger partial charge in [-0.05, 0) is 128 Å². The number of benzene rings is 2. The summed E-state index contributed by atoms with van der Waals surface area (Å²) in [6.45, 7) is 2.00. The molecule has 0 unspecified atom stereocenters. The van der Waals surface area contributed by atoms with Crippen LogP contribution in [0, 0.1) is 6.33 Å². The van der Waals surface area contributed by atoms with E-state index in [-0.39, 0.29) is 12.4 Å². The molecular weight excluding hydrogens is 711 g/mol. The Balaban J connectivity index is 0.000000161. The fourth-order valence-corrected chi connectivity index (χ4v) is 9.30. The molecule has 4 saturated carbocycles. The van der Waals surface area contributed by atoms with Crippen molar-refractivity contribution in [2.75, 3.05) is 13.2 Å². The van der Waals surface area contributed by atoms with Gasteiger partial charge in [-0.1, -0.05) is 62.1 Å². The van der Waals surface area contributed by atoms with Crippen molar-refractivity contribution < 1.29 is 41.4 Å². The number of hydrogen-bond acceptors (Lipinski definition) is 1. The summed E-state index contributed by atoms with van der Waals surface area (Å²) in [6.07, 6.45) is 36.4. The number of nitrogens with zero attached hydrogens (tertiary/aromatic N) is 4. The van der Waals surface area contributed by atoms with Crippen LogP contribution in [0.3, 0.4) is 0 Å². The first-order chi connectivity index (χ1) is 24.4. The maximum atomic E-state index is 4.94. The molecule has 3 heterocycles. The van der Waals surface area contributed by atoms with Gasteiger partial charge in [-0.25, -0.2) is 9.13 Å². The number of rotatable bonds is 4. The Morgan fingerprint density at radius 3 is 1.60 bits per heavy atom. The summed E-state index contributed by atoms with van der Waals surface area (Å²) in [5.41, 5.74) is 5.70. The minimum Gasteiger partial charge on any atom is -0.342 e. The Morgan fingerprint density at radius 1 is 0.560 bits per heavy atom. The third-order valence-corrected chi connectivity index (χ3v) is 11.9. The second-order valence-electron chi connectivity index (χ2n) is 15.2. The fraction of sp³-hybridized carbons (Fsp3) is 0.667. The van der Waals surface area contributed by atoms with Gasteiger partial charge < -0.3 is 26.3 Å². The molecule has 0 bridgehead atoms. The van der Waals surface area contributed by atoms with Crippen LogP contribution in [0.2, 0.25) is 0 Å². The van der Waals surface area contributed by atoms with Crippen molar-refractivity contribution >= 4 is 32.2 Å². The van der Waals surface area contributed by atoms with Crippen LogP contribution in [-0.2, 0) is 19.8 Å². The minimum absolute atomic E-state index is 0. The molecule has 279 valence electrons. The van der Waals surface area contributed by atoms with E-state index < -0.39 is 0 Å². The average molecular weight is 772 g/mol. The molecule has 1 aliphatic heterocycles. The summed E-state index contributed by atoms with van der Waals surface area (Å²) < 4.78 is 15.1. The van der Waals surface area contributed by atoms with Crippen molar-refractivity contribution in [1.29, 1.82) is 0 Å². The Hall–Kier alpha value is -1.56. The van der Waals surface area contributed by atoms with Crippen LogP contribution in [0.4, 0.5) is 0 Å². The van der Waals surface area contributed by atoms with Gasteiger partial charge >= 0.3 is 25.2 Å². The molecule has 2 aromatic heterocycles. The molecule has 5 aliphatic rings. The molecule has 0 radical (unpaired) electrons. The molecule has 4 aliphatic carbocycles. The molecule has 2 aromatic carbocycles. The van der Waals surface area contributed by atoms with Crippen LogP contribution in [0.5, 0.6) is 0 Å². The third kappa shape index (κ3) is 10.1. The summed E-state index contributed by atoms with van der Waals surface area (Å²) in [5.74, 6) is 0. The van der Waals surface area contributed by atoms with Gasteiger partial charge in [0.2, 0.25) is 12.7 Å². The quantitative estimate of drug-likeness (QED) is 0.117. The van der Waals surface area contributed by atoms with Crippen LogP contribution in [0.25, 0.3) is 22.1 Å². The van der Waals surface area contributed by atoms with Gasteiger partial charge in [0.1, 0.15) is 12.1 Å². The van der Waals surface area contributed by atoms with Crippen molar-refractivity contribution in [2.45, 2.75) is 165 Å². The van der Waals surface area contributed by atoms with E-state index in [2.05, 4.69) is 105 Å². The number of halogens is 2. The molecule has 8 heteroatoms. The van der Waals surface area contributed by atoms with E-state index in [1.165, 1.54) is 163 Å². The van der Waals surface area contributed by atoms with Crippen LogP contribution in [0.1, 0.15) is 165 Å². The zero-order valence-corrected chi connectivity index (χ0v) is 32.7. The number of aromatic nitrogens is 4. The fourth-order valence-electron chi connectivity index (χ4n) is 9.30. The molecule has 1 saturated heterocycles. The van der Waals surface area contributed by atoms with Gasteiger partial charge in [0.15, 0.2) is 11.0 Å². The molecule has 0 spiro atoms. The molecule has 5 fully saturated rings. The molecule has 0 atom stereocenters. The average Bonchev–Trinajstić information content (AvgIpc) is 3.98. The summed E-state index contributed by atoms with van der Waals surface area (Å²) >= 11 is 3.66. The summed E-state index contributed by atoms with van der Waals surface area (Å²) in [6, 6.07) is 20.8. The summed E-state index contributed by atoms with van der Waals surface area (Å²) in [5, 5.41) is 0. The van der Waals surface area contributed by atoms with Gasteiger partial charge in [0.05, 0.1) is 12.1 Å². The van der Waals surface area contributed by atoms with Crippen LogP contribution >= 0.6 is 10.1 Å². The topological polar surface area (TPSA) is 26.8 Å². The van der Waals surface area contributed by atoms with Gasteiger partial charge in [-0.2, -0.15) is 0 Å². The Bertz CT molecular complexity index is 1310. The van der Waals surface area contributed by atoms with E-state index in [4.69, 9.17) is 4.74 Å². The van der Waals surface area contributed by atoms with E-state index in [1.807, 2.05) is 0 Å². The maximum absolute atomic E-state index is 4.94. The van der Waals surface area contributed by atoms with Crippen molar-refractivity contribution in [3.8, 4) is 0 Å². The van der Waals surface area contributed by atoms with Gasteiger partial charge in [0.25, 0.3) is 0 Å². The summed E-state index contributed by atoms with van der Waals surface area (Å²) in [7, 11) is 4.20. The number of ether oxygens (including phenoxy) is 1. The first kappa shape index (κ1) is 39.6. The molecular formula is C42H61Cl2CuN4O+. The van der Waals surface area contributed by atoms with E-state index in [0.717, 1.165) is 25.3 Å². The molecule has 9 rings (SSSR count). The normalized spacial score (nSPS) is 20.9. The number of imidazole rings is 2. The Morgan fingerprint density at radius 2 is 1.04 bits per heavy atom. The number of hydrogen-bond donors (Lipinski definition) is 0. The van der Waals surface area contributed by atoms with Gasteiger partial charge in [-0.15, -0.1) is 0 Å².